The summed E-state index contributed by atoms with van der Waals surface area (Å²) in [5, 5.41) is 14.5. The maximum absolute atomic E-state index is 13.1. The van der Waals surface area contributed by atoms with Gasteiger partial charge in [0.25, 0.3) is 5.91 Å². The molecule has 1 unspecified atom stereocenters. The van der Waals surface area contributed by atoms with Crippen molar-refractivity contribution >= 4 is 39.4 Å². The van der Waals surface area contributed by atoms with Gasteiger partial charge in [-0.3, -0.25) is 9.48 Å². The molecular weight excluding hydrogens is 609 g/mol. The SMILES string of the molecule is C#Cc1nn(C2CCCCO2)c2ccc(-c3cnn(C)c3OCCN(C)C(=O)c3c(I)c(CC)nn3C)cc12. The molecule has 0 N–H and O–H groups in total. The van der Waals surface area contributed by atoms with Crippen LogP contribution in [0.3, 0.4) is 0 Å². The molecule has 0 aliphatic carbocycles. The first-order chi connectivity index (χ1) is 18.8. The van der Waals surface area contributed by atoms with Gasteiger partial charge < -0.3 is 14.4 Å². The Hall–Kier alpha value is -3.37. The third-order valence-electron chi connectivity index (χ3n) is 7.07. The van der Waals surface area contributed by atoms with Crippen LogP contribution in [0, 0.1) is 15.9 Å². The van der Waals surface area contributed by atoms with Crippen LogP contribution in [0.2, 0.25) is 0 Å². The number of aromatic nitrogens is 6. The van der Waals surface area contributed by atoms with Crippen molar-refractivity contribution < 1.29 is 14.3 Å². The normalized spacial score (nSPS) is 15.4. The Morgan fingerprint density at radius 3 is 2.79 bits per heavy atom. The minimum absolute atomic E-state index is 0.0887. The molecule has 10 nitrogen and oxygen atoms in total. The molecule has 0 saturated carbocycles. The molecule has 1 saturated heterocycles. The number of likely N-dealkylation sites (N-methyl/N-ethyl adjacent to an activating group) is 1. The molecule has 1 atom stereocenters. The van der Waals surface area contributed by atoms with Crippen molar-refractivity contribution in [3.63, 3.8) is 0 Å². The average molecular weight is 642 g/mol. The average Bonchev–Trinajstić information content (AvgIpc) is 3.60. The van der Waals surface area contributed by atoms with Gasteiger partial charge in [-0.15, -0.1) is 6.42 Å². The Balaban J connectivity index is 1.34. The zero-order chi connectivity index (χ0) is 27.7. The smallest absolute Gasteiger partial charge is 0.273 e. The Bertz CT molecular complexity index is 1560. The molecule has 1 amide bonds. The van der Waals surface area contributed by atoms with Crippen LogP contribution in [-0.4, -0.2) is 67.0 Å². The van der Waals surface area contributed by atoms with Crippen LogP contribution >= 0.6 is 22.6 Å². The molecule has 1 aromatic carbocycles. The van der Waals surface area contributed by atoms with E-state index in [0.717, 1.165) is 63.6 Å². The summed E-state index contributed by atoms with van der Waals surface area (Å²) in [6.07, 6.45) is 11.4. The minimum Gasteiger partial charge on any atom is -0.476 e. The fraction of sp³-hybridized carbons (Fsp3) is 0.429. The summed E-state index contributed by atoms with van der Waals surface area (Å²) in [7, 11) is 5.41. The second-order valence-electron chi connectivity index (χ2n) is 9.64. The summed E-state index contributed by atoms with van der Waals surface area (Å²) >= 11 is 2.20. The highest BCUT2D eigenvalue weighted by molar-refractivity contribution is 14.1. The molecule has 3 aromatic heterocycles. The molecular formula is C28H32IN7O3. The van der Waals surface area contributed by atoms with Crippen LogP contribution in [0.4, 0.5) is 0 Å². The highest BCUT2D eigenvalue weighted by Crippen LogP contribution is 2.34. The molecule has 4 aromatic rings. The number of rotatable bonds is 8. The summed E-state index contributed by atoms with van der Waals surface area (Å²) in [4.78, 5) is 14.8. The third kappa shape index (κ3) is 5.15. The summed E-state index contributed by atoms with van der Waals surface area (Å²) in [6.45, 7) is 3.47. The fourth-order valence-electron chi connectivity index (χ4n) is 4.92. The number of carbonyl (C=O) groups is 1. The lowest BCUT2D eigenvalue weighted by Crippen LogP contribution is -2.32. The van der Waals surface area contributed by atoms with Gasteiger partial charge in [0.2, 0.25) is 5.88 Å². The summed E-state index contributed by atoms with van der Waals surface area (Å²) in [5.74, 6) is 3.25. The van der Waals surface area contributed by atoms with Crippen molar-refractivity contribution in [1.82, 2.24) is 34.2 Å². The summed E-state index contributed by atoms with van der Waals surface area (Å²) in [6, 6.07) is 6.09. The first-order valence-electron chi connectivity index (χ1n) is 13.1. The Labute approximate surface area is 241 Å². The van der Waals surface area contributed by atoms with Crippen LogP contribution in [0.5, 0.6) is 5.88 Å². The first-order valence-corrected chi connectivity index (χ1v) is 14.1. The van der Waals surface area contributed by atoms with Gasteiger partial charge in [0.05, 0.1) is 33.1 Å². The molecule has 0 spiro atoms. The quantitative estimate of drug-likeness (QED) is 0.212. The van der Waals surface area contributed by atoms with E-state index < -0.39 is 0 Å². The van der Waals surface area contributed by atoms with Crippen molar-refractivity contribution in [3.05, 3.63) is 45.0 Å². The van der Waals surface area contributed by atoms with E-state index in [1.807, 2.05) is 36.9 Å². The molecule has 5 rings (SSSR count). The van der Waals surface area contributed by atoms with E-state index in [1.54, 1.807) is 34.6 Å². The number of benzene rings is 1. The van der Waals surface area contributed by atoms with Gasteiger partial charge >= 0.3 is 0 Å². The lowest BCUT2D eigenvalue weighted by molar-refractivity contribution is -0.0367. The molecule has 0 bridgehead atoms. The van der Waals surface area contributed by atoms with Gasteiger partial charge in [-0.2, -0.15) is 15.3 Å². The lowest BCUT2D eigenvalue weighted by atomic mass is 10.1. The van der Waals surface area contributed by atoms with E-state index in [1.165, 1.54) is 0 Å². The van der Waals surface area contributed by atoms with Gasteiger partial charge in [-0.25, -0.2) is 9.36 Å². The Morgan fingerprint density at radius 2 is 2.10 bits per heavy atom. The van der Waals surface area contributed by atoms with Crippen molar-refractivity contribution in [2.45, 2.75) is 38.8 Å². The first kappa shape index (κ1) is 27.2. The van der Waals surface area contributed by atoms with Crippen LogP contribution < -0.4 is 4.74 Å². The van der Waals surface area contributed by atoms with Gasteiger partial charge in [-0.05, 0) is 71.9 Å². The molecule has 1 fully saturated rings. The summed E-state index contributed by atoms with van der Waals surface area (Å²) < 4.78 is 18.3. The standard InChI is InChI=1S/C28H32IN7O3/c1-6-21-19-16-18(11-12-23(19)36(32-21)24-10-8-9-14-38-24)20-17-30-35(5)28(20)39-15-13-33(3)27(37)26-25(29)22(7-2)31-34(26)4/h1,11-12,16-17,24H,7-10,13-15H2,2-5H3. The highest BCUT2D eigenvalue weighted by atomic mass is 127. The number of nitrogens with zero attached hydrogens (tertiary/aromatic N) is 7. The molecule has 11 heteroatoms. The van der Waals surface area contributed by atoms with Crippen LogP contribution in [0.15, 0.2) is 24.4 Å². The molecule has 1 aliphatic rings. The zero-order valence-electron chi connectivity index (χ0n) is 22.6. The maximum Gasteiger partial charge on any atom is 0.273 e. The van der Waals surface area contributed by atoms with E-state index in [9.17, 15) is 4.79 Å². The molecule has 4 heterocycles. The second-order valence-corrected chi connectivity index (χ2v) is 10.7. The minimum atomic E-state index is -0.102. The number of fused-ring (bicyclic) bond motifs is 1. The predicted octanol–water partition coefficient (Wildman–Crippen LogP) is 4.17. The fourth-order valence-corrected chi connectivity index (χ4v) is 5.99. The van der Waals surface area contributed by atoms with Gasteiger partial charge in [0.1, 0.15) is 18.0 Å². The number of aryl methyl sites for hydroxylation is 3. The highest BCUT2D eigenvalue weighted by Gasteiger charge is 2.24. The lowest BCUT2D eigenvalue weighted by Gasteiger charge is -2.23. The molecule has 39 heavy (non-hydrogen) atoms. The number of hydrogen-bond donors (Lipinski definition) is 0. The van der Waals surface area contributed by atoms with E-state index >= 15 is 0 Å². The topological polar surface area (TPSA) is 92.2 Å². The number of amides is 1. The van der Waals surface area contributed by atoms with Crippen molar-refractivity contribution in [2.75, 3.05) is 26.8 Å². The van der Waals surface area contributed by atoms with Crippen molar-refractivity contribution in [2.24, 2.45) is 14.1 Å². The predicted molar refractivity (Wildman–Crippen MR) is 156 cm³/mol. The monoisotopic (exact) mass is 641 g/mol. The van der Waals surface area contributed by atoms with Gasteiger partial charge in [-0.1, -0.05) is 13.0 Å². The molecule has 1 aliphatic heterocycles. The van der Waals surface area contributed by atoms with Gasteiger partial charge in [0.15, 0.2) is 6.23 Å². The number of terminal acetylenes is 1. The van der Waals surface area contributed by atoms with Crippen LogP contribution in [0.25, 0.3) is 22.0 Å². The number of carbonyl (C=O) groups excluding carboxylic acids is 1. The van der Waals surface area contributed by atoms with E-state index in [4.69, 9.17) is 15.9 Å². The van der Waals surface area contributed by atoms with Crippen molar-refractivity contribution in [1.29, 1.82) is 0 Å². The summed E-state index contributed by atoms with van der Waals surface area (Å²) in [5.41, 5.74) is 4.81. The Morgan fingerprint density at radius 1 is 1.28 bits per heavy atom. The van der Waals surface area contributed by atoms with E-state index in [-0.39, 0.29) is 12.1 Å². The number of ether oxygens (including phenoxy) is 2. The van der Waals surface area contributed by atoms with Crippen LogP contribution in [0.1, 0.15) is 54.3 Å². The van der Waals surface area contributed by atoms with Crippen molar-refractivity contribution in [3.8, 4) is 29.4 Å². The maximum atomic E-state index is 13.1. The molecule has 0 radical (unpaired) electrons. The largest absolute Gasteiger partial charge is 0.476 e. The number of halogens is 1. The molecule has 204 valence electrons. The number of hydrogen-bond acceptors (Lipinski definition) is 6. The third-order valence-corrected chi connectivity index (χ3v) is 8.21. The van der Waals surface area contributed by atoms with E-state index in [0.29, 0.717) is 30.4 Å². The Kier molecular flexibility index (Phi) is 7.95. The zero-order valence-corrected chi connectivity index (χ0v) is 24.8. The van der Waals surface area contributed by atoms with Crippen LogP contribution in [-0.2, 0) is 25.3 Å². The second kappa shape index (κ2) is 11.4. The van der Waals surface area contributed by atoms with Gasteiger partial charge in [0, 0.05) is 33.1 Å². The van der Waals surface area contributed by atoms with E-state index in [2.05, 4.69) is 43.8 Å².